The molecule has 1 fully saturated rings. The van der Waals surface area contributed by atoms with Gasteiger partial charge in [0.15, 0.2) is 0 Å². The van der Waals surface area contributed by atoms with E-state index < -0.39 is 4.92 Å². The average Bonchev–Trinajstić information content (AvgIpc) is 2.95. The van der Waals surface area contributed by atoms with E-state index in [0.29, 0.717) is 22.7 Å². The van der Waals surface area contributed by atoms with Crippen LogP contribution >= 0.6 is 0 Å². The Labute approximate surface area is 161 Å². The van der Waals surface area contributed by atoms with Gasteiger partial charge in [-0.2, -0.15) is 5.26 Å². The summed E-state index contributed by atoms with van der Waals surface area (Å²) in [5, 5.41) is 20.1. The summed E-state index contributed by atoms with van der Waals surface area (Å²) < 4.78 is 0. The Bertz CT molecular complexity index is 1090. The van der Waals surface area contributed by atoms with Gasteiger partial charge in [0, 0.05) is 38.3 Å². The SMILES string of the molecule is Cc1cc(C#N)nc(N2CCCN(c3nc4ccc([N+](=O)[O-])cc4[nH]3)CC2)c1. The van der Waals surface area contributed by atoms with Crippen molar-refractivity contribution >= 4 is 28.5 Å². The molecular weight excluding hydrogens is 358 g/mol. The highest BCUT2D eigenvalue weighted by Gasteiger charge is 2.20. The Hall–Kier alpha value is -3.67. The topological polar surface area (TPSA) is 115 Å². The number of hydrogen-bond acceptors (Lipinski definition) is 7. The molecule has 3 aromatic rings. The van der Waals surface area contributed by atoms with Crippen LogP contribution in [0, 0.1) is 28.4 Å². The fourth-order valence-electron chi connectivity index (χ4n) is 3.47. The summed E-state index contributed by atoms with van der Waals surface area (Å²) >= 11 is 0. The van der Waals surface area contributed by atoms with Crippen molar-refractivity contribution in [2.75, 3.05) is 36.0 Å². The van der Waals surface area contributed by atoms with Crippen LogP contribution in [0.5, 0.6) is 0 Å². The zero-order valence-electron chi connectivity index (χ0n) is 15.4. The first-order valence-corrected chi connectivity index (χ1v) is 9.06. The second-order valence-corrected chi connectivity index (χ2v) is 6.85. The van der Waals surface area contributed by atoms with Crippen LogP contribution in [0.25, 0.3) is 11.0 Å². The summed E-state index contributed by atoms with van der Waals surface area (Å²) in [6.45, 7) is 5.10. The van der Waals surface area contributed by atoms with Crippen LogP contribution in [-0.2, 0) is 0 Å². The zero-order valence-corrected chi connectivity index (χ0v) is 15.4. The Morgan fingerprint density at radius 1 is 1.14 bits per heavy atom. The molecule has 0 amide bonds. The highest BCUT2D eigenvalue weighted by atomic mass is 16.6. The summed E-state index contributed by atoms with van der Waals surface area (Å²) in [5.41, 5.74) is 2.85. The third-order valence-corrected chi connectivity index (χ3v) is 4.85. The number of benzene rings is 1. The minimum Gasteiger partial charge on any atom is -0.355 e. The largest absolute Gasteiger partial charge is 0.355 e. The molecule has 0 radical (unpaired) electrons. The molecule has 3 heterocycles. The van der Waals surface area contributed by atoms with Crippen LogP contribution in [0.2, 0.25) is 0 Å². The number of imidazole rings is 1. The van der Waals surface area contributed by atoms with Gasteiger partial charge in [-0.15, -0.1) is 0 Å². The molecule has 0 atom stereocenters. The Morgan fingerprint density at radius 2 is 1.93 bits per heavy atom. The third-order valence-electron chi connectivity index (χ3n) is 4.85. The van der Waals surface area contributed by atoms with E-state index in [0.717, 1.165) is 44.0 Å². The number of nitrogens with zero attached hydrogens (tertiary/aromatic N) is 6. The Morgan fingerprint density at radius 3 is 2.71 bits per heavy atom. The van der Waals surface area contributed by atoms with Gasteiger partial charge in [0.05, 0.1) is 16.0 Å². The average molecular weight is 377 g/mol. The van der Waals surface area contributed by atoms with Gasteiger partial charge in [-0.25, -0.2) is 9.97 Å². The number of H-pyrrole nitrogens is 1. The lowest BCUT2D eigenvalue weighted by Crippen LogP contribution is -2.31. The Balaban J connectivity index is 1.54. The van der Waals surface area contributed by atoms with E-state index in [1.54, 1.807) is 12.1 Å². The second kappa shape index (κ2) is 7.15. The number of anilines is 2. The van der Waals surface area contributed by atoms with E-state index in [4.69, 9.17) is 5.26 Å². The molecule has 1 aliphatic rings. The first kappa shape index (κ1) is 17.7. The summed E-state index contributed by atoms with van der Waals surface area (Å²) in [6, 6.07) is 10.5. The number of aromatic amines is 1. The maximum Gasteiger partial charge on any atom is 0.271 e. The molecule has 0 bridgehead atoms. The van der Waals surface area contributed by atoms with E-state index in [2.05, 4.69) is 30.8 Å². The Kier molecular flexibility index (Phi) is 4.53. The van der Waals surface area contributed by atoms with Gasteiger partial charge in [0.2, 0.25) is 5.95 Å². The van der Waals surface area contributed by atoms with Crippen molar-refractivity contribution in [3.8, 4) is 6.07 Å². The number of fused-ring (bicyclic) bond motifs is 1. The van der Waals surface area contributed by atoms with E-state index in [1.807, 2.05) is 13.0 Å². The first-order chi connectivity index (χ1) is 13.5. The van der Waals surface area contributed by atoms with Crippen molar-refractivity contribution in [3.05, 3.63) is 51.7 Å². The molecule has 142 valence electrons. The second-order valence-electron chi connectivity index (χ2n) is 6.85. The summed E-state index contributed by atoms with van der Waals surface area (Å²) in [4.78, 5) is 27.1. The van der Waals surface area contributed by atoms with E-state index >= 15 is 0 Å². The summed E-state index contributed by atoms with van der Waals surface area (Å²) in [7, 11) is 0. The maximum absolute atomic E-state index is 11.0. The zero-order chi connectivity index (χ0) is 19.7. The highest BCUT2D eigenvalue weighted by molar-refractivity contribution is 5.80. The molecule has 1 aromatic carbocycles. The van der Waals surface area contributed by atoms with Crippen molar-refractivity contribution in [1.82, 2.24) is 15.0 Å². The van der Waals surface area contributed by atoms with Crippen molar-refractivity contribution in [2.45, 2.75) is 13.3 Å². The first-order valence-electron chi connectivity index (χ1n) is 9.06. The van der Waals surface area contributed by atoms with Gasteiger partial charge < -0.3 is 14.8 Å². The summed E-state index contributed by atoms with van der Waals surface area (Å²) in [5.74, 6) is 1.53. The van der Waals surface area contributed by atoms with Gasteiger partial charge in [-0.05, 0) is 37.1 Å². The van der Waals surface area contributed by atoms with Crippen molar-refractivity contribution < 1.29 is 4.92 Å². The maximum atomic E-state index is 11.0. The molecule has 0 unspecified atom stereocenters. The molecule has 1 aliphatic heterocycles. The molecule has 9 nitrogen and oxygen atoms in total. The minimum atomic E-state index is -0.409. The molecule has 0 aliphatic carbocycles. The van der Waals surface area contributed by atoms with Crippen LogP contribution in [0.1, 0.15) is 17.7 Å². The van der Waals surface area contributed by atoms with Crippen molar-refractivity contribution in [2.24, 2.45) is 0 Å². The molecule has 1 saturated heterocycles. The highest BCUT2D eigenvalue weighted by Crippen LogP contribution is 2.24. The molecular formula is C19H19N7O2. The van der Waals surface area contributed by atoms with Gasteiger partial charge in [-0.1, -0.05) is 0 Å². The number of pyridine rings is 1. The molecule has 2 aromatic heterocycles. The van der Waals surface area contributed by atoms with E-state index in [-0.39, 0.29) is 5.69 Å². The van der Waals surface area contributed by atoms with Crippen LogP contribution in [0.4, 0.5) is 17.5 Å². The van der Waals surface area contributed by atoms with Crippen LogP contribution in [-0.4, -0.2) is 46.1 Å². The molecule has 9 heteroatoms. The lowest BCUT2D eigenvalue weighted by molar-refractivity contribution is -0.384. The predicted octanol–water partition coefficient (Wildman–Crippen LogP) is 2.76. The predicted molar refractivity (Wildman–Crippen MR) is 105 cm³/mol. The van der Waals surface area contributed by atoms with Crippen LogP contribution < -0.4 is 9.80 Å². The van der Waals surface area contributed by atoms with Gasteiger partial charge in [-0.3, -0.25) is 10.1 Å². The number of non-ortho nitro benzene ring substituents is 1. The number of rotatable bonds is 3. The van der Waals surface area contributed by atoms with Crippen molar-refractivity contribution in [3.63, 3.8) is 0 Å². The molecule has 28 heavy (non-hydrogen) atoms. The van der Waals surface area contributed by atoms with E-state index in [1.165, 1.54) is 12.1 Å². The van der Waals surface area contributed by atoms with Gasteiger partial charge in [0.1, 0.15) is 17.6 Å². The number of nitro benzene ring substituents is 1. The molecule has 1 N–H and O–H groups in total. The fraction of sp³-hybridized carbons (Fsp3) is 0.316. The lowest BCUT2D eigenvalue weighted by atomic mass is 10.2. The number of nitro groups is 1. The van der Waals surface area contributed by atoms with Crippen molar-refractivity contribution in [1.29, 1.82) is 5.26 Å². The summed E-state index contributed by atoms with van der Waals surface area (Å²) in [6.07, 6.45) is 0.911. The van der Waals surface area contributed by atoms with E-state index in [9.17, 15) is 10.1 Å². The van der Waals surface area contributed by atoms with Gasteiger partial charge in [0.25, 0.3) is 5.69 Å². The minimum absolute atomic E-state index is 0.0450. The lowest BCUT2D eigenvalue weighted by Gasteiger charge is -2.23. The molecule has 4 rings (SSSR count). The quantitative estimate of drug-likeness (QED) is 0.551. The molecule has 0 saturated carbocycles. The number of nitriles is 1. The number of nitrogens with one attached hydrogen (secondary N) is 1. The fourth-order valence-corrected chi connectivity index (χ4v) is 3.47. The number of aryl methyl sites for hydroxylation is 1. The monoisotopic (exact) mass is 377 g/mol. The standard InChI is InChI=1S/C19H19N7O2/c1-13-9-14(12-20)21-18(10-13)24-5-2-6-25(8-7-24)19-22-16-4-3-15(26(27)28)11-17(16)23-19/h3-4,9-11H,2,5-8H2,1H3,(H,22,23). The normalized spacial score (nSPS) is 14.7. The third kappa shape index (κ3) is 3.44. The van der Waals surface area contributed by atoms with Crippen LogP contribution in [0.3, 0.4) is 0 Å². The van der Waals surface area contributed by atoms with Crippen LogP contribution in [0.15, 0.2) is 30.3 Å². The smallest absolute Gasteiger partial charge is 0.271 e. The van der Waals surface area contributed by atoms with Gasteiger partial charge >= 0.3 is 0 Å². The molecule has 0 spiro atoms. The number of aromatic nitrogens is 3. The number of hydrogen-bond donors (Lipinski definition) is 1.